The first kappa shape index (κ1) is 27.4. The Balaban J connectivity index is 1.58. The van der Waals surface area contributed by atoms with Crippen LogP contribution in [0.25, 0.3) is 0 Å². The maximum Gasteiger partial charge on any atom is 0.261 e. The minimum Gasteiger partial charge on any atom is -0.326 e. The fourth-order valence-corrected chi connectivity index (χ4v) is 5.60. The Hall–Kier alpha value is -3.15. The normalized spacial score (nSPS) is 11.7. The number of nitrogens with zero attached hydrogens (tertiary/aromatic N) is 1. The predicted octanol–water partition coefficient (Wildman–Crippen LogP) is 4.77. The third kappa shape index (κ3) is 7.19. The van der Waals surface area contributed by atoms with Crippen molar-refractivity contribution in [3.63, 3.8) is 0 Å². The molecule has 3 aromatic carbocycles. The van der Waals surface area contributed by atoms with Crippen LogP contribution in [0.2, 0.25) is 5.02 Å². The molecule has 0 spiro atoms. The van der Waals surface area contributed by atoms with Gasteiger partial charge >= 0.3 is 0 Å². The van der Waals surface area contributed by atoms with Crippen LogP contribution in [0.1, 0.15) is 18.4 Å². The van der Waals surface area contributed by atoms with Crippen LogP contribution in [-0.4, -0.2) is 35.5 Å². The molecule has 0 heterocycles. The van der Waals surface area contributed by atoms with Crippen LogP contribution in [0.3, 0.4) is 0 Å². The molecule has 1 amide bonds. The van der Waals surface area contributed by atoms with Crippen LogP contribution in [0.5, 0.6) is 0 Å². The van der Waals surface area contributed by atoms with E-state index < -0.39 is 25.9 Å². The second-order valence-corrected chi connectivity index (χ2v) is 12.0. The van der Waals surface area contributed by atoms with Crippen LogP contribution in [-0.2, 0) is 24.8 Å². The van der Waals surface area contributed by atoms with Crippen molar-refractivity contribution in [1.29, 1.82) is 0 Å². The number of carbonyl (C=O) groups is 1. The molecule has 0 saturated heterocycles. The van der Waals surface area contributed by atoms with Crippen LogP contribution >= 0.6 is 11.6 Å². The zero-order chi connectivity index (χ0) is 26.5. The molecule has 0 saturated carbocycles. The number of hydrogen-bond donors (Lipinski definition) is 2. The lowest BCUT2D eigenvalue weighted by molar-refractivity contribution is -0.116. The molecule has 36 heavy (non-hydrogen) atoms. The van der Waals surface area contributed by atoms with E-state index in [1.54, 1.807) is 25.1 Å². The molecule has 192 valence electrons. The van der Waals surface area contributed by atoms with Gasteiger partial charge in [-0.15, -0.1) is 0 Å². The third-order valence-electron chi connectivity index (χ3n) is 5.24. The highest BCUT2D eigenvalue weighted by atomic mass is 35.5. The van der Waals surface area contributed by atoms with Crippen molar-refractivity contribution in [3.05, 3.63) is 83.1 Å². The van der Waals surface area contributed by atoms with Gasteiger partial charge in [0.05, 0.1) is 22.5 Å². The molecule has 0 bridgehead atoms. The minimum absolute atomic E-state index is 0.00275. The zero-order valence-electron chi connectivity index (χ0n) is 19.5. The maximum atomic E-state index is 13.2. The quantitative estimate of drug-likeness (QED) is 0.375. The van der Waals surface area contributed by atoms with Gasteiger partial charge in [0.2, 0.25) is 15.9 Å². The van der Waals surface area contributed by atoms with Crippen molar-refractivity contribution in [3.8, 4) is 0 Å². The highest BCUT2D eigenvalue weighted by Gasteiger charge is 2.18. The summed E-state index contributed by atoms with van der Waals surface area (Å²) in [5, 5.41) is 3.09. The van der Waals surface area contributed by atoms with Crippen LogP contribution in [0, 0.1) is 12.7 Å². The fraction of sp³-hybridized carbons (Fsp3) is 0.208. The molecule has 2 N–H and O–H groups in total. The van der Waals surface area contributed by atoms with Gasteiger partial charge in [0, 0.05) is 23.7 Å². The number of rotatable bonds is 10. The number of amides is 1. The van der Waals surface area contributed by atoms with Crippen LogP contribution in [0.4, 0.5) is 21.5 Å². The van der Waals surface area contributed by atoms with E-state index in [0.29, 0.717) is 27.6 Å². The Morgan fingerprint density at radius 2 is 1.61 bits per heavy atom. The number of nitrogens with one attached hydrogen (secondary N) is 2. The molecule has 0 radical (unpaired) electrons. The maximum absolute atomic E-state index is 13.2. The summed E-state index contributed by atoms with van der Waals surface area (Å²) in [4.78, 5) is 12.3. The molecular weight excluding hydrogens is 529 g/mol. The summed E-state index contributed by atoms with van der Waals surface area (Å²) in [5.41, 5.74) is 1.65. The Labute approximate surface area is 215 Å². The molecular formula is C24H25ClFN3O5S2. The number of halogens is 2. The van der Waals surface area contributed by atoms with Crippen molar-refractivity contribution >= 4 is 54.6 Å². The van der Waals surface area contributed by atoms with E-state index in [9.17, 15) is 26.0 Å². The summed E-state index contributed by atoms with van der Waals surface area (Å²) in [6.45, 7) is 1.73. The van der Waals surface area contributed by atoms with Crippen LogP contribution < -0.4 is 14.3 Å². The second-order valence-electron chi connectivity index (χ2n) is 8.01. The Morgan fingerprint density at radius 1 is 0.972 bits per heavy atom. The van der Waals surface area contributed by atoms with Crippen molar-refractivity contribution in [2.24, 2.45) is 0 Å². The molecule has 0 aliphatic heterocycles. The molecule has 0 aliphatic carbocycles. The SMILES string of the molecule is Cc1c(Cl)cccc1NS(=O)(=O)c1ccc(NC(=O)CCCN(c2ccc(F)cc2)S(C)(=O)=O)cc1. The first-order valence-corrected chi connectivity index (χ1v) is 14.5. The van der Waals surface area contributed by atoms with E-state index >= 15 is 0 Å². The van der Waals surface area contributed by atoms with Gasteiger partial charge < -0.3 is 5.32 Å². The first-order valence-electron chi connectivity index (χ1n) is 10.8. The Morgan fingerprint density at radius 3 is 2.22 bits per heavy atom. The van der Waals surface area contributed by atoms with E-state index in [0.717, 1.165) is 22.7 Å². The number of sulfonamides is 2. The van der Waals surface area contributed by atoms with Gasteiger partial charge in [0.25, 0.3) is 10.0 Å². The summed E-state index contributed by atoms with van der Waals surface area (Å²) in [7, 11) is -7.50. The summed E-state index contributed by atoms with van der Waals surface area (Å²) in [6, 6.07) is 15.6. The number of benzene rings is 3. The van der Waals surface area contributed by atoms with Gasteiger partial charge in [-0.25, -0.2) is 21.2 Å². The van der Waals surface area contributed by atoms with E-state index in [-0.39, 0.29) is 30.2 Å². The molecule has 3 rings (SSSR count). The monoisotopic (exact) mass is 553 g/mol. The molecule has 0 aromatic heterocycles. The Kier molecular flexibility index (Phi) is 8.59. The number of carbonyl (C=O) groups excluding carboxylic acids is 1. The van der Waals surface area contributed by atoms with Gasteiger partial charge in [-0.2, -0.15) is 0 Å². The average Bonchev–Trinajstić information content (AvgIpc) is 2.80. The smallest absolute Gasteiger partial charge is 0.261 e. The predicted molar refractivity (Wildman–Crippen MR) is 140 cm³/mol. The highest BCUT2D eigenvalue weighted by molar-refractivity contribution is 7.92. The van der Waals surface area contributed by atoms with E-state index in [4.69, 9.17) is 11.6 Å². The van der Waals surface area contributed by atoms with Crippen molar-refractivity contribution in [2.75, 3.05) is 27.1 Å². The first-order chi connectivity index (χ1) is 16.9. The molecule has 8 nitrogen and oxygen atoms in total. The molecule has 3 aromatic rings. The largest absolute Gasteiger partial charge is 0.326 e. The van der Waals surface area contributed by atoms with E-state index in [1.165, 1.54) is 36.4 Å². The Bertz CT molecular complexity index is 1450. The summed E-state index contributed by atoms with van der Waals surface area (Å²) >= 11 is 6.05. The van der Waals surface area contributed by atoms with Gasteiger partial charge in [0.15, 0.2) is 0 Å². The lowest BCUT2D eigenvalue weighted by atomic mass is 10.2. The summed E-state index contributed by atoms with van der Waals surface area (Å²) < 4.78 is 66.4. The lowest BCUT2D eigenvalue weighted by Crippen LogP contribution is -2.31. The number of anilines is 3. The fourth-order valence-electron chi connectivity index (χ4n) is 3.34. The average molecular weight is 554 g/mol. The highest BCUT2D eigenvalue weighted by Crippen LogP contribution is 2.26. The van der Waals surface area contributed by atoms with E-state index in [1.807, 2.05) is 0 Å². The summed E-state index contributed by atoms with van der Waals surface area (Å²) in [6.07, 6.45) is 1.27. The van der Waals surface area contributed by atoms with Crippen molar-refractivity contribution in [1.82, 2.24) is 0 Å². The van der Waals surface area contributed by atoms with Crippen LogP contribution in [0.15, 0.2) is 71.6 Å². The third-order valence-corrected chi connectivity index (χ3v) is 8.23. The molecule has 0 fully saturated rings. The number of hydrogen-bond acceptors (Lipinski definition) is 5. The standard InChI is InChI=1S/C24H25ClFN3O5S2/c1-17-22(25)5-3-6-23(17)28-36(33,34)21-14-10-19(11-15-21)27-24(30)7-4-16-29(35(2,31)32)20-12-8-18(26)9-13-20/h3,5-6,8-15,28H,4,7,16H2,1-2H3,(H,27,30). The van der Waals surface area contributed by atoms with Gasteiger partial charge in [-0.1, -0.05) is 17.7 Å². The molecule has 0 aliphatic rings. The molecule has 12 heteroatoms. The van der Waals surface area contributed by atoms with Gasteiger partial charge in [-0.05, 0) is 79.6 Å². The van der Waals surface area contributed by atoms with Gasteiger partial charge in [0.1, 0.15) is 5.82 Å². The minimum atomic E-state index is -3.87. The second kappa shape index (κ2) is 11.3. The van der Waals surface area contributed by atoms with Gasteiger partial charge in [-0.3, -0.25) is 13.8 Å². The zero-order valence-corrected chi connectivity index (χ0v) is 21.9. The summed E-state index contributed by atoms with van der Waals surface area (Å²) in [5.74, 6) is -0.855. The van der Waals surface area contributed by atoms with E-state index in [2.05, 4.69) is 10.0 Å². The topological polar surface area (TPSA) is 113 Å². The molecule has 0 atom stereocenters. The van der Waals surface area contributed by atoms with Crippen molar-refractivity contribution in [2.45, 2.75) is 24.7 Å². The molecule has 0 unspecified atom stereocenters. The lowest BCUT2D eigenvalue weighted by Gasteiger charge is -2.22. The van der Waals surface area contributed by atoms with Crippen molar-refractivity contribution < 1.29 is 26.0 Å².